The Kier molecular flexibility index (Phi) is 6.30. The molecule has 0 saturated heterocycles. The minimum Gasteiger partial charge on any atom is -0.404 e. The van der Waals surface area contributed by atoms with Crippen LogP contribution in [0.4, 0.5) is 13.2 Å². The van der Waals surface area contributed by atoms with Crippen LogP contribution in [0.5, 0.6) is 0 Å². The zero-order valence-corrected chi connectivity index (χ0v) is 16.2. The molecule has 0 bridgehead atoms. The number of nitrogens with two attached hydrogens (primary N) is 1. The molecule has 0 aliphatic heterocycles. The molecule has 146 valence electrons. The molecule has 2 rings (SSSR count). The maximum Gasteiger partial charge on any atom is 0.417 e. The van der Waals surface area contributed by atoms with E-state index in [1.165, 1.54) is 0 Å². The predicted molar refractivity (Wildman–Crippen MR) is 103 cm³/mol. The van der Waals surface area contributed by atoms with E-state index in [9.17, 15) is 17.4 Å². The number of halogens is 3. The highest BCUT2D eigenvalue weighted by Gasteiger charge is 2.32. The van der Waals surface area contributed by atoms with Gasteiger partial charge in [0.2, 0.25) is 0 Å². The van der Waals surface area contributed by atoms with Crippen LogP contribution in [0, 0.1) is 0 Å². The van der Waals surface area contributed by atoms with Gasteiger partial charge in [-0.25, -0.2) is 4.98 Å². The molecule has 8 heteroatoms. The lowest BCUT2D eigenvalue weighted by Gasteiger charge is -2.14. The average molecular weight is 397 g/mol. The van der Waals surface area contributed by atoms with Crippen molar-refractivity contribution >= 4 is 23.5 Å². The predicted octanol–water partition coefficient (Wildman–Crippen LogP) is 2.85. The largest absolute Gasteiger partial charge is 0.417 e. The Morgan fingerprint density at radius 3 is 2.52 bits per heavy atom. The molecule has 0 fully saturated rings. The van der Waals surface area contributed by atoms with Gasteiger partial charge in [0.15, 0.2) is 0 Å². The number of aromatic nitrogens is 2. The van der Waals surface area contributed by atoms with E-state index >= 15 is 0 Å². The summed E-state index contributed by atoms with van der Waals surface area (Å²) in [6.07, 6.45) is -3.21. The standard InChI is InChI=1S/C19H22F3N3OS/c1-5-27(26)17-9-7-6-8-15(17)18-24-16(13(4)25(18)12(2)3)10-14(11-23)19(20,21)22/h6-12H,4-5,23H2,1-3H3/b14-11+,16-10+. The van der Waals surface area contributed by atoms with Gasteiger partial charge in [-0.3, -0.25) is 4.21 Å². The lowest BCUT2D eigenvalue weighted by atomic mass is 10.2. The third kappa shape index (κ3) is 4.32. The SMILES string of the molecule is C=c1/c(=C\C(=C/N)C(F)(F)F)nc(-c2ccccc2S(=O)CC)n1C(C)C. The lowest BCUT2D eigenvalue weighted by molar-refractivity contribution is -0.0867. The van der Waals surface area contributed by atoms with Gasteiger partial charge >= 0.3 is 6.18 Å². The van der Waals surface area contributed by atoms with Crippen LogP contribution in [0.3, 0.4) is 0 Å². The third-order valence-electron chi connectivity index (χ3n) is 3.99. The van der Waals surface area contributed by atoms with Crippen molar-refractivity contribution in [1.82, 2.24) is 9.55 Å². The van der Waals surface area contributed by atoms with E-state index in [2.05, 4.69) is 11.6 Å². The summed E-state index contributed by atoms with van der Waals surface area (Å²) in [7, 11) is -1.24. The molecule has 1 aromatic heterocycles. The van der Waals surface area contributed by atoms with Crippen molar-refractivity contribution in [3.63, 3.8) is 0 Å². The number of allylic oxidation sites excluding steroid dienone is 1. The van der Waals surface area contributed by atoms with Crippen molar-refractivity contribution in [2.24, 2.45) is 5.73 Å². The minimum absolute atomic E-state index is 0.0739. The second-order valence-corrected chi connectivity index (χ2v) is 7.83. The molecular weight excluding hydrogens is 375 g/mol. The van der Waals surface area contributed by atoms with Crippen LogP contribution in [-0.2, 0) is 10.8 Å². The van der Waals surface area contributed by atoms with Crippen molar-refractivity contribution < 1.29 is 17.4 Å². The molecule has 0 saturated carbocycles. The summed E-state index contributed by atoms with van der Waals surface area (Å²) < 4.78 is 53.4. The van der Waals surface area contributed by atoms with Gasteiger partial charge in [-0.05, 0) is 26.0 Å². The van der Waals surface area contributed by atoms with Crippen LogP contribution in [0.15, 0.2) is 40.9 Å². The smallest absolute Gasteiger partial charge is 0.404 e. The fourth-order valence-electron chi connectivity index (χ4n) is 2.72. The second kappa shape index (κ2) is 8.12. The van der Waals surface area contributed by atoms with Crippen molar-refractivity contribution in [3.05, 3.63) is 46.7 Å². The highest BCUT2D eigenvalue weighted by atomic mass is 32.2. The number of benzene rings is 1. The summed E-state index contributed by atoms with van der Waals surface area (Å²) in [4.78, 5) is 4.98. The monoisotopic (exact) mass is 397 g/mol. The Balaban J connectivity index is 2.82. The number of alkyl halides is 3. The van der Waals surface area contributed by atoms with Gasteiger partial charge in [-0.15, -0.1) is 0 Å². The van der Waals surface area contributed by atoms with Gasteiger partial charge in [0.25, 0.3) is 0 Å². The fraction of sp³-hybridized carbons (Fsp3) is 0.316. The van der Waals surface area contributed by atoms with E-state index in [1.807, 2.05) is 13.8 Å². The van der Waals surface area contributed by atoms with Gasteiger partial charge in [0.1, 0.15) is 5.82 Å². The molecule has 0 spiro atoms. The molecule has 1 heterocycles. The van der Waals surface area contributed by atoms with E-state index < -0.39 is 22.5 Å². The van der Waals surface area contributed by atoms with Gasteiger partial charge in [0, 0.05) is 28.5 Å². The topological polar surface area (TPSA) is 60.9 Å². The normalized spacial score (nSPS) is 14.8. The van der Waals surface area contributed by atoms with E-state index in [1.54, 1.807) is 35.8 Å². The van der Waals surface area contributed by atoms with Gasteiger partial charge in [-0.1, -0.05) is 31.7 Å². The maximum absolute atomic E-state index is 13.1. The molecule has 0 amide bonds. The van der Waals surface area contributed by atoms with E-state index in [4.69, 9.17) is 5.73 Å². The third-order valence-corrected chi connectivity index (χ3v) is 5.36. The van der Waals surface area contributed by atoms with Crippen LogP contribution in [-0.4, -0.2) is 25.7 Å². The first kappa shape index (κ1) is 21.0. The highest BCUT2D eigenvalue weighted by Crippen LogP contribution is 2.27. The average Bonchev–Trinajstić information content (AvgIpc) is 2.94. The summed E-state index contributed by atoms with van der Waals surface area (Å²) >= 11 is 0. The Hall–Kier alpha value is -2.35. The van der Waals surface area contributed by atoms with E-state index in [-0.39, 0.29) is 11.4 Å². The Bertz CT molecular complexity index is 991. The Labute approximate surface area is 158 Å². The highest BCUT2D eigenvalue weighted by molar-refractivity contribution is 7.85. The number of imidazole rings is 1. The first-order chi connectivity index (χ1) is 12.6. The van der Waals surface area contributed by atoms with Crippen molar-refractivity contribution in [3.8, 4) is 11.4 Å². The zero-order chi connectivity index (χ0) is 20.4. The summed E-state index contributed by atoms with van der Waals surface area (Å²) in [6.45, 7) is 9.47. The van der Waals surface area contributed by atoms with Crippen molar-refractivity contribution in [1.29, 1.82) is 0 Å². The van der Waals surface area contributed by atoms with Crippen LogP contribution in [0.1, 0.15) is 26.8 Å². The molecule has 2 N–H and O–H groups in total. The van der Waals surface area contributed by atoms with E-state index in [0.29, 0.717) is 33.6 Å². The molecular formula is C19H22F3N3OS. The maximum atomic E-state index is 13.1. The Morgan fingerprint density at radius 2 is 2.00 bits per heavy atom. The molecule has 0 aliphatic rings. The van der Waals surface area contributed by atoms with Gasteiger partial charge < -0.3 is 10.3 Å². The Morgan fingerprint density at radius 1 is 1.37 bits per heavy atom. The molecule has 1 aromatic carbocycles. The number of nitrogens with zero attached hydrogens (tertiary/aromatic N) is 2. The summed E-state index contributed by atoms with van der Waals surface area (Å²) in [5.41, 5.74) is 4.76. The molecule has 27 heavy (non-hydrogen) atoms. The van der Waals surface area contributed by atoms with Crippen molar-refractivity contribution in [2.75, 3.05) is 5.75 Å². The quantitative estimate of drug-likeness (QED) is 0.844. The second-order valence-electron chi connectivity index (χ2n) is 6.13. The molecule has 2 aromatic rings. The van der Waals surface area contributed by atoms with Gasteiger partial charge in [-0.2, -0.15) is 13.2 Å². The van der Waals surface area contributed by atoms with E-state index in [0.717, 1.165) is 6.08 Å². The van der Waals surface area contributed by atoms with Gasteiger partial charge in [0.05, 0.1) is 27.1 Å². The molecule has 1 unspecified atom stereocenters. The molecule has 0 aliphatic carbocycles. The fourth-order valence-corrected chi connectivity index (χ4v) is 3.67. The summed E-state index contributed by atoms with van der Waals surface area (Å²) in [6, 6.07) is 6.93. The summed E-state index contributed by atoms with van der Waals surface area (Å²) in [5.74, 6) is 0.848. The van der Waals surface area contributed by atoms with Crippen molar-refractivity contribution in [2.45, 2.75) is 37.9 Å². The van der Waals surface area contributed by atoms with Crippen LogP contribution in [0.2, 0.25) is 0 Å². The zero-order valence-electron chi connectivity index (χ0n) is 15.4. The minimum atomic E-state index is -4.59. The molecule has 1 atom stereocenters. The van der Waals surface area contributed by atoms with Crippen LogP contribution < -0.4 is 16.4 Å². The lowest BCUT2D eigenvalue weighted by Crippen LogP contribution is -2.30. The number of hydrogen-bond acceptors (Lipinski definition) is 3. The first-order valence-electron chi connectivity index (χ1n) is 8.37. The van der Waals surface area contributed by atoms with Crippen LogP contribution >= 0.6 is 0 Å². The first-order valence-corrected chi connectivity index (χ1v) is 9.69. The molecule has 4 nitrogen and oxygen atoms in total. The molecule has 0 radical (unpaired) electrons. The number of hydrogen-bond donors (Lipinski definition) is 1. The van der Waals surface area contributed by atoms with Crippen LogP contribution in [0.25, 0.3) is 24.0 Å². The summed E-state index contributed by atoms with van der Waals surface area (Å²) in [5, 5.41) is 0.408. The number of rotatable bonds is 5.